The lowest BCUT2D eigenvalue weighted by atomic mass is 10.0. The van der Waals surface area contributed by atoms with Crippen LogP contribution in [0.2, 0.25) is 5.02 Å². The number of piperidine rings is 1. The Morgan fingerprint density at radius 1 is 1.31 bits per heavy atom. The van der Waals surface area contributed by atoms with Gasteiger partial charge in [0.2, 0.25) is 5.91 Å². The number of carbonyl (C=O) groups excluding carboxylic acids is 2. The number of hydrogen-bond donors (Lipinski definition) is 0. The van der Waals surface area contributed by atoms with E-state index in [-0.39, 0.29) is 5.91 Å². The minimum absolute atomic E-state index is 0.0296. The number of rotatable bonds is 4. The van der Waals surface area contributed by atoms with Crippen molar-refractivity contribution in [1.29, 1.82) is 0 Å². The van der Waals surface area contributed by atoms with Crippen LogP contribution >= 0.6 is 11.6 Å². The second-order valence-corrected chi connectivity index (χ2v) is 8.10. The van der Waals surface area contributed by atoms with Gasteiger partial charge in [0.15, 0.2) is 0 Å². The smallest absolute Gasteiger partial charge is 0.410 e. The van der Waals surface area contributed by atoms with Crippen molar-refractivity contribution in [3.63, 3.8) is 0 Å². The van der Waals surface area contributed by atoms with Crippen molar-refractivity contribution in [2.75, 3.05) is 13.1 Å². The molecule has 2 amide bonds. The Hall–Kier alpha value is -1.75. The van der Waals surface area contributed by atoms with E-state index in [9.17, 15) is 9.59 Å². The van der Waals surface area contributed by atoms with Gasteiger partial charge in [0.25, 0.3) is 0 Å². The van der Waals surface area contributed by atoms with Gasteiger partial charge in [0, 0.05) is 24.7 Å². The monoisotopic (exact) mass is 380 g/mol. The molecule has 0 bridgehead atoms. The Labute approximate surface area is 161 Å². The number of likely N-dealkylation sites (N-methyl/N-ethyl adjacent to an activating group) is 1. The number of nitrogens with zero attached hydrogens (tertiary/aromatic N) is 2. The summed E-state index contributed by atoms with van der Waals surface area (Å²) in [4.78, 5) is 29.1. The zero-order valence-corrected chi connectivity index (χ0v) is 16.9. The van der Waals surface area contributed by atoms with Crippen LogP contribution in [0.3, 0.4) is 0 Å². The van der Waals surface area contributed by atoms with Crippen molar-refractivity contribution in [2.24, 2.45) is 0 Å². The molecule has 5 nitrogen and oxygen atoms in total. The van der Waals surface area contributed by atoms with E-state index in [1.807, 2.05) is 52.0 Å². The summed E-state index contributed by atoms with van der Waals surface area (Å²) >= 11 is 6.05. The molecule has 1 aliphatic heterocycles. The fourth-order valence-corrected chi connectivity index (χ4v) is 3.35. The fraction of sp³-hybridized carbons (Fsp3) is 0.600. The summed E-state index contributed by atoms with van der Waals surface area (Å²) in [6.45, 7) is 9.07. The summed E-state index contributed by atoms with van der Waals surface area (Å²) in [5.41, 5.74) is 0.403. The Morgan fingerprint density at radius 3 is 2.65 bits per heavy atom. The molecule has 144 valence electrons. The Bertz CT molecular complexity index is 642. The topological polar surface area (TPSA) is 49.9 Å². The van der Waals surface area contributed by atoms with Gasteiger partial charge >= 0.3 is 6.09 Å². The maximum absolute atomic E-state index is 13.1. The van der Waals surface area contributed by atoms with Crippen LogP contribution in [-0.2, 0) is 16.1 Å². The standard InChI is InChI=1S/C20H29ClN2O3/c1-5-22(14-15-9-8-10-16(21)13-15)18(24)17-11-6-7-12-23(17)19(25)26-20(2,3)4/h8-10,13,17H,5-7,11-12,14H2,1-4H3/t17-/m1/s1. The molecule has 6 heteroatoms. The number of benzene rings is 1. The quantitative estimate of drug-likeness (QED) is 0.773. The van der Waals surface area contributed by atoms with Gasteiger partial charge < -0.3 is 9.64 Å². The van der Waals surface area contributed by atoms with Gasteiger partial charge in [-0.25, -0.2) is 4.79 Å². The number of halogens is 1. The molecule has 26 heavy (non-hydrogen) atoms. The minimum Gasteiger partial charge on any atom is -0.444 e. The second kappa shape index (κ2) is 8.76. The molecule has 0 spiro atoms. The highest BCUT2D eigenvalue weighted by Gasteiger charge is 2.36. The third-order valence-electron chi connectivity index (χ3n) is 4.37. The van der Waals surface area contributed by atoms with Crippen LogP contribution in [0.4, 0.5) is 4.79 Å². The zero-order chi connectivity index (χ0) is 19.3. The van der Waals surface area contributed by atoms with Crippen molar-refractivity contribution in [1.82, 2.24) is 9.80 Å². The zero-order valence-electron chi connectivity index (χ0n) is 16.1. The molecule has 2 rings (SSSR count). The first kappa shape index (κ1) is 20.6. The number of carbonyl (C=O) groups is 2. The SMILES string of the molecule is CCN(Cc1cccc(Cl)c1)C(=O)[C@H]1CCCCN1C(=O)OC(C)(C)C. The van der Waals surface area contributed by atoms with Crippen LogP contribution in [0.5, 0.6) is 0 Å². The number of likely N-dealkylation sites (tertiary alicyclic amines) is 1. The molecule has 0 aromatic heterocycles. The fourth-order valence-electron chi connectivity index (χ4n) is 3.14. The first-order chi connectivity index (χ1) is 12.2. The number of hydrogen-bond acceptors (Lipinski definition) is 3. The van der Waals surface area contributed by atoms with E-state index in [2.05, 4.69) is 0 Å². The van der Waals surface area contributed by atoms with E-state index < -0.39 is 17.7 Å². The lowest BCUT2D eigenvalue weighted by molar-refractivity contribution is -0.138. The van der Waals surface area contributed by atoms with Gasteiger partial charge in [-0.2, -0.15) is 0 Å². The highest BCUT2D eigenvalue weighted by atomic mass is 35.5. The lowest BCUT2D eigenvalue weighted by Gasteiger charge is -2.38. The van der Waals surface area contributed by atoms with Gasteiger partial charge in [-0.15, -0.1) is 0 Å². The molecule has 0 unspecified atom stereocenters. The summed E-state index contributed by atoms with van der Waals surface area (Å²) in [5, 5.41) is 0.652. The number of amides is 2. The largest absolute Gasteiger partial charge is 0.444 e. The first-order valence-electron chi connectivity index (χ1n) is 9.24. The molecule has 0 radical (unpaired) electrons. The molecule has 1 aromatic carbocycles. The van der Waals surface area contributed by atoms with Crippen LogP contribution in [0, 0.1) is 0 Å². The molecule has 0 saturated carbocycles. The summed E-state index contributed by atoms with van der Waals surface area (Å²) in [7, 11) is 0. The van der Waals surface area contributed by atoms with Gasteiger partial charge in [0.1, 0.15) is 11.6 Å². The van der Waals surface area contributed by atoms with E-state index in [0.717, 1.165) is 18.4 Å². The van der Waals surface area contributed by atoms with Crippen molar-refractivity contribution in [3.05, 3.63) is 34.9 Å². The van der Waals surface area contributed by atoms with Gasteiger partial charge in [-0.1, -0.05) is 23.7 Å². The normalized spacial score (nSPS) is 17.7. The van der Waals surface area contributed by atoms with Crippen LogP contribution in [0.15, 0.2) is 24.3 Å². The first-order valence-corrected chi connectivity index (χ1v) is 9.62. The van der Waals surface area contributed by atoms with Crippen molar-refractivity contribution in [3.8, 4) is 0 Å². The molecule has 0 N–H and O–H groups in total. The third kappa shape index (κ3) is 5.63. The van der Waals surface area contributed by atoms with Crippen LogP contribution in [0.1, 0.15) is 52.5 Å². The lowest BCUT2D eigenvalue weighted by Crippen LogP contribution is -2.53. The molecular formula is C20H29ClN2O3. The Kier molecular flexibility index (Phi) is 6.93. The van der Waals surface area contributed by atoms with E-state index in [4.69, 9.17) is 16.3 Å². The van der Waals surface area contributed by atoms with Crippen LogP contribution in [-0.4, -0.2) is 46.5 Å². The van der Waals surface area contributed by atoms with E-state index >= 15 is 0 Å². The summed E-state index contributed by atoms with van der Waals surface area (Å²) in [6.07, 6.45) is 2.09. The van der Waals surface area contributed by atoms with Crippen molar-refractivity contribution < 1.29 is 14.3 Å². The van der Waals surface area contributed by atoms with Gasteiger partial charge in [-0.3, -0.25) is 9.69 Å². The van der Waals surface area contributed by atoms with Crippen molar-refractivity contribution in [2.45, 2.75) is 65.1 Å². The number of ether oxygens (including phenoxy) is 1. The third-order valence-corrected chi connectivity index (χ3v) is 4.61. The van der Waals surface area contributed by atoms with E-state index in [1.165, 1.54) is 0 Å². The van der Waals surface area contributed by atoms with Crippen molar-refractivity contribution >= 4 is 23.6 Å². The summed E-state index contributed by atoms with van der Waals surface area (Å²) in [6, 6.07) is 7.05. The highest BCUT2D eigenvalue weighted by molar-refractivity contribution is 6.30. The molecule has 1 fully saturated rings. The van der Waals surface area contributed by atoms with Crippen LogP contribution < -0.4 is 0 Å². The van der Waals surface area contributed by atoms with Gasteiger partial charge in [-0.05, 0) is 64.7 Å². The summed E-state index contributed by atoms with van der Waals surface area (Å²) in [5.74, 6) is -0.0296. The maximum atomic E-state index is 13.1. The predicted molar refractivity (Wildman–Crippen MR) is 103 cm³/mol. The predicted octanol–water partition coefficient (Wildman–Crippen LogP) is 4.48. The average molecular weight is 381 g/mol. The Balaban J connectivity index is 2.13. The molecule has 1 heterocycles. The maximum Gasteiger partial charge on any atom is 0.410 e. The minimum atomic E-state index is -0.576. The molecule has 1 aromatic rings. The highest BCUT2D eigenvalue weighted by Crippen LogP contribution is 2.23. The molecule has 1 saturated heterocycles. The molecule has 0 aliphatic carbocycles. The molecule has 1 aliphatic rings. The van der Waals surface area contributed by atoms with E-state index in [0.29, 0.717) is 31.1 Å². The van der Waals surface area contributed by atoms with Crippen LogP contribution in [0.25, 0.3) is 0 Å². The van der Waals surface area contributed by atoms with Gasteiger partial charge in [0.05, 0.1) is 0 Å². The van der Waals surface area contributed by atoms with E-state index in [1.54, 1.807) is 9.80 Å². The second-order valence-electron chi connectivity index (χ2n) is 7.67. The summed E-state index contributed by atoms with van der Waals surface area (Å²) < 4.78 is 5.50. The Morgan fingerprint density at radius 2 is 2.04 bits per heavy atom. The molecule has 1 atom stereocenters. The molecular weight excluding hydrogens is 352 g/mol. The average Bonchev–Trinajstić information content (AvgIpc) is 2.57.